The highest BCUT2D eigenvalue weighted by Crippen LogP contribution is 2.29. The van der Waals surface area contributed by atoms with Gasteiger partial charge in [-0.3, -0.25) is 14.4 Å². The number of anilines is 2. The molecule has 0 saturated carbocycles. The van der Waals surface area contributed by atoms with E-state index in [4.69, 9.17) is 9.47 Å². The Morgan fingerprint density at radius 3 is 2.24 bits per heavy atom. The van der Waals surface area contributed by atoms with Gasteiger partial charge in [0.05, 0.1) is 34.7 Å². The standard InChI is InChI=1S/C26H22N2O6/c1-3-33-22-14-7-6-13-21(22)27-23(29)16(2)34-26(32)17-9-8-10-18(15-17)28-24(30)19-11-4-5-12-20(19)25(28)31/h4-16H,3H2,1-2H3,(H,27,29). The lowest BCUT2D eigenvalue weighted by Gasteiger charge is -2.17. The third-order valence-electron chi connectivity index (χ3n) is 5.23. The van der Waals surface area contributed by atoms with Crippen LogP contribution in [0.15, 0.2) is 72.8 Å². The molecule has 0 spiro atoms. The van der Waals surface area contributed by atoms with E-state index in [1.807, 2.05) is 6.92 Å². The molecular weight excluding hydrogens is 436 g/mol. The zero-order chi connectivity index (χ0) is 24.2. The SMILES string of the molecule is CCOc1ccccc1NC(=O)C(C)OC(=O)c1cccc(N2C(=O)c3ccccc3C2=O)c1. The highest BCUT2D eigenvalue weighted by atomic mass is 16.5. The Labute approximate surface area is 196 Å². The zero-order valence-electron chi connectivity index (χ0n) is 18.6. The lowest BCUT2D eigenvalue weighted by molar-refractivity contribution is -0.123. The average molecular weight is 458 g/mol. The molecule has 8 nitrogen and oxygen atoms in total. The summed E-state index contributed by atoms with van der Waals surface area (Å²) in [5.74, 6) is -1.72. The van der Waals surface area contributed by atoms with Gasteiger partial charge >= 0.3 is 5.97 Å². The minimum absolute atomic E-state index is 0.100. The Morgan fingerprint density at radius 1 is 0.912 bits per heavy atom. The van der Waals surface area contributed by atoms with E-state index in [-0.39, 0.29) is 11.3 Å². The molecule has 1 atom stereocenters. The maximum Gasteiger partial charge on any atom is 0.338 e. The molecule has 1 unspecified atom stereocenters. The van der Waals surface area contributed by atoms with Crippen LogP contribution >= 0.6 is 0 Å². The van der Waals surface area contributed by atoms with Gasteiger partial charge in [0.2, 0.25) is 0 Å². The van der Waals surface area contributed by atoms with Gasteiger partial charge in [-0.1, -0.05) is 30.3 Å². The van der Waals surface area contributed by atoms with Gasteiger partial charge in [0, 0.05) is 0 Å². The van der Waals surface area contributed by atoms with Crippen LogP contribution in [0.5, 0.6) is 5.75 Å². The van der Waals surface area contributed by atoms with E-state index in [2.05, 4.69) is 5.32 Å². The van der Waals surface area contributed by atoms with Crippen molar-refractivity contribution in [3.63, 3.8) is 0 Å². The number of nitrogens with zero attached hydrogens (tertiary/aromatic N) is 1. The predicted octanol–water partition coefficient (Wildman–Crippen LogP) is 4.07. The van der Waals surface area contributed by atoms with E-state index in [0.717, 1.165) is 4.90 Å². The van der Waals surface area contributed by atoms with Crippen molar-refractivity contribution < 1.29 is 28.7 Å². The average Bonchev–Trinajstić information content (AvgIpc) is 3.10. The number of imide groups is 1. The van der Waals surface area contributed by atoms with Crippen LogP contribution in [0.4, 0.5) is 11.4 Å². The summed E-state index contributed by atoms with van der Waals surface area (Å²) in [7, 11) is 0. The number of para-hydroxylation sites is 2. The number of amides is 3. The predicted molar refractivity (Wildman–Crippen MR) is 125 cm³/mol. The van der Waals surface area contributed by atoms with Crippen LogP contribution in [0.2, 0.25) is 0 Å². The Bertz CT molecular complexity index is 1250. The lowest BCUT2D eigenvalue weighted by atomic mass is 10.1. The van der Waals surface area contributed by atoms with Gasteiger partial charge in [0.25, 0.3) is 17.7 Å². The van der Waals surface area contributed by atoms with Gasteiger partial charge in [0.1, 0.15) is 5.75 Å². The van der Waals surface area contributed by atoms with Gasteiger partial charge in [-0.05, 0) is 56.3 Å². The third-order valence-corrected chi connectivity index (χ3v) is 5.23. The second-order valence-corrected chi connectivity index (χ2v) is 7.51. The van der Waals surface area contributed by atoms with E-state index >= 15 is 0 Å². The number of carbonyl (C=O) groups excluding carboxylic acids is 4. The molecule has 1 aliphatic rings. The van der Waals surface area contributed by atoms with Crippen LogP contribution in [0.25, 0.3) is 0 Å². The monoisotopic (exact) mass is 458 g/mol. The summed E-state index contributed by atoms with van der Waals surface area (Å²) in [6.45, 7) is 3.71. The highest BCUT2D eigenvalue weighted by molar-refractivity contribution is 6.34. The Kier molecular flexibility index (Phi) is 6.40. The fourth-order valence-electron chi connectivity index (χ4n) is 3.56. The molecule has 3 amide bonds. The lowest BCUT2D eigenvalue weighted by Crippen LogP contribution is -2.31. The molecule has 3 aromatic rings. The third kappa shape index (κ3) is 4.38. The minimum Gasteiger partial charge on any atom is -0.492 e. The fourth-order valence-corrected chi connectivity index (χ4v) is 3.56. The number of hydrogen-bond donors (Lipinski definition) is 1. The number of rotatable bonds is 7. The van der Waals surface area contributed by atoms with Crippen LogP contribution in [0.3, 0.4) is 0 Å². The summed E-state index contributed by atoms with van der Waals surface area (Å²) in [5, 5.41) is 2.69. The maximum atomic E-state index is 12.7. The Hall–Kier alpha value is -4.46. The summed E-state index contributed by atoms with van der Waals surface area (Å²) in [4.78, 5) is 51.8. The van der Waals surface area contributed by atoms with Gasteiger partial charge in [-0.25, -0.2) is 9.69 Å². The molecule has 34 heavy (non-hydrogen) atoms. The minimum atomic E-state index is -1.11. The van der Waals surface area contributed by atoms with Crippen LogP contribution in [0, 0.1) is 0 Å². The number of benzene rings is 3. The van der Waals surface area contributed by atoms with Crippen molar-refractivity contribution in [1.29, 1.82) is 0 Å². The molecule has 172 valence electrons. The van der Waals surface area contributed by atoms with Crippen LogP contribution in [-0.2, 0) is 9.53 Å². The topological polar surface area (TPSA) is 102 Å². The largest absolute Gasteiger partial charge is 0.492 e. The molecule has 3 aromatic carbocycles. The van der Waals surface area contributed by atoms with Crippen molar-refractivity contribution >= 4 is 35.1 Å². The summed E-state index contributed by atoms with van der Waals surface area (Å²) in [6, 6.07) is 19.4. The van der Waals surface area contributed by atoms with Crippen molar-refractivity contribution in [2.24, 2.45) is 0 Å². The van der Waals surface area contributed by atoms with Gasteiger partial charge in [-0.15, -0.1) is 0 Å². The number of carbonyl (C=O) groups is 4. The number of nitrogens with one attached hydrogen (secondary N) is 1. The summed E-state index contributed by atoms with van der Waals surface area (Å²) < 4.78 is 10.8. The van der Waals surface area contributed by atoms with E-state index in [9.17, 15) is 19.2 Å². The fraction of sp³-hybridized carbons (Fsp3) is 0.154. The quantitative estimate of drug-likeness (QED) is 0.423. The molecule has 0 bridgehead atoms. The van der Waals surface area contributed by atoms with E-state index in [1.165, 1.54) is 19.1 Å². The van der Waals surface area contributed by atoms with Gasteiger partial charge in [-0.2, -0.15) is 0 Å². The van der Waals surface area contributed by atoms with E-state index in [1.54, 1.807) is 60.7 Å². The van der Waals surface area contributed by atoms with E-state index in [0.29, 0.717) is 29.2 Å². The maximum absolute atomic E-state index is 12.7. The van der Waals surface area contributed by atoms with Gasteiger partial charge in [0.15, 0.2) is 6.10 Å². The molecule has 8 heteroatoms. The first-order valence-electron chi connectivity index (χ1n) is 10.7. The second kappa shape index (κ2) is 9.58. The second-order valence-electron chi connectivity index (χ2n) is 7.51. The summed E-state index contributed by atoms with van der Waals surface area (Å²) >= 11 is 0. The molecule has 0 aliphatic carbocycles. The molecular formula is C26H22N2O6. The molecule has 1 aliphatic heterocycles. The van der Waals surface area contributed by atoms with Gasteiger partial charge < -0.3 is 14.8 Å². The number of hydrogen-bond acceptors (Lipinski definition) is 6. The van der Waals surface area contributed by atoms with Crippen LogP contribution in [-0.4, -0.2) is 36.4 Å². The number of ether oxygens (including phenoxy) is 2. The summed E-state index contributed by atoms with van der Waals surface area (Å²) in [5.41, 5.74) is 1.41. The van der Waals surface area contributed by atoms with E-state index < -0.39 is 29.8 Å². The molecule has 0 saturated heterocycles. The molecule has 1 N–H and O–H groups in total. The normalized spacial score (nSPS) is 13.3. The van der Waals surface area contributed by atoms with Crippen molar-refractivity contribution in [3.05, 3.63) is 89.5 Å². The smallest absolute Gasteiger partial charge is 0.338 e. The van der Waals surface area contributed by atoms with Crippen molar-refractivity contribution in [1.82, 2.24) is 0 Å². The van der Waals surface area contributed by atoms with Crippen molar-refractivity contribution in [2.45, 2.75) is 20.0 Å². The van der Waals surface area contributed by atoms with Crippen LogP contribution in [0.1, 0.15) is 44.9 Å². The number of fused-ring (bicyclic) bond motifs is 1. The van der Waals surface area contributed by atoms with Crippen molar-refractivity contribution in [2.75, 3.05) is 16.8 Å². The number of esters is 1. The highest BCUT2D eigenvalue weighted by Gasteiger charge is 2.36. The van der Waals surface area contributed by atoms with Crippen LogP contribution < -0.4 is 15.0 Å². The molecule has 0 aromatic heterocycles. The molecule has 0 fully saturated rings. The Balaban J connectivity index is 1.46. The molecule has 0 radical (unpaired) electrons. The Morgan fingerprint density at radius 2 is 1.56 bits per heavy atom. The molecule has 4 rings (SSSR count). The zero-order valence-corrected chi connectivity index (χ0v) is 18.6. The first kappa shape index (κ1) is 22.7. The molecule has 1 heterocycles. The first-order valence-corrected chi connectivity index (χ1v) is 10.7. The first-order chi connectivity index (χ1) is 16.4. The summed E-state index contributed by atoms with van der Waals surface area (Å²) in [6.07, 6.45) is -1.11. The van der Waals surface area contributed by atoms with Crippen molar-refractivity contribution in [3.8, 4) is 5.75 Å².